The number of likely N-dealkylation sites (N-methyl/N-ethyl adjacent to an activating group) is 1. The summed E-state index contributed by atoms with van der Waals surface area (Å²) in [6, 6.07) is 8.14. The molecule has 3 heterocycles. The molecule has 0 saturated carbocycles. The molecule has 3 aromatic rings. The molecule has 1 N–H and O–H groups in total. The maximum Gasteiger partial charge on any atom is 0.295 e. The van der Waals surface area contributed by atoms with E-state index in [4.69, 9.17) is 4.74 Å². The minimum atomic E-state index is -0.632. The van der Waals surface area contributed by atoms with Crippen LogP contribution in [-0.2, 0) is 29.0 Å². The van der Waals surface area contributed by atoms with Crippen LogP contribution in [0.15, 0.2) is 48.4 Å². The molecular formula is C22H24FN7O3. The normalized spacial score (nSPS) is 13.5. The second kappa shape index (κ2) is 9.74. The molecule has 0 atom stereocenters. The molecule has 10 nitrogen and oxygen atoms in total. The van der Waals surface area contributed by atoms with Crippen molar-refractivity contribution in [2.75, 3.05) is 25.2 Å². The Bertz CT molecular complexity index is 1200. The minimum Gasteiger partial charge on any atom is -0.381 e. The van der Waals surface area contributed by atoms with Crippen LogP contribution in [0.25, 0.3) is 0 Å². The number of ether oxygens (including phenoxy) is 1. The van der Waals surface area contributed by atoms with Gasteiger partial charge in [-0.2, -0.15) is 5.10 Å². The molecule has 0 bridgehead atoms. The number of carbonyl (C=O) groups is 2. The largest absolute Gasteiger partial charge is 0.381 e. The highest BCUT2D eigenvalue weighted by molar-refractivity contribution is 6.08. The standard InChI is InChI=1S/C22H24FN7O3/c1-3-33-11-9-16-12-19-28(2)22(32)18(8-10-30(19)26-16)25-21(31)20-24-14-29(27-20)13-15-6-4-5-7-17(15)23/h4-8,12,14H,3,9-11,13H2,1-2H3,(H,25,31). The molecule has 0 fully saturated rings. The van der Waals surface area contributed by atoms with Crippen LogP contribution in [0.5, 0.6) is 0 Å². The van der Waals surface area contributed by atoms with Crippen LogP contribution >= 0.6 is 0 Å². The fraction of sp³-hybridized carbons (Fsp3) is 0.318. The van der Waals surface area contributed by atoms with Crippen molar-refractivity contribution < 1.29 is 18.7 Å². The van der Waals surface area contributed by atoms with E-state index in [0.717, 1.165) is 5.69 Å². The van der Waals surface area contributed by atoms with Gasteiger partial charge in [0.2, 0.25) is 5.82 Å². The summed E-state index contributed by atoms with van der Waals surface area (Å²) in [7, 11) is 1.62. The van der Waals surface area contributed by atoms with Crippen molar-refractivity contribution in [2.24, 2.45) is 0 Å². The molecule has 33 heavy (non-hydrogen) atoms. The summed E-state index contributed by atoms with van der Waals surface area (Å²) in [6.45, 7) is 3.56. The van der Waals surface area contributed by atoms with E-state index in [-0.39, 0.29) is 29.8 Å². The Labute approximate surface area is 189 Å². The molecule has 172 valence electrons. The second-order valence-electron chi connectivity index (χ2n) is 7.42. The van der Waals surface area contributed by atoms with Crippen LogP contribution in [0.3, 0.4) is 0 Å². The summed E-state index contributed by atoms with van der Waals surface area (Å²) in [5.41, 5.74) is 1.35. The molecule has 0 unspecified atom stereocenters. The van der Waals surface area contributed by atoms with Crippen LogP contribution in [0, 0.1) is 5.82 Å². The lowest BCUT2D eigenvalue weighted by Crippen LogP contribution is -2.36. The van der Waals surface area contributed by atoms with Gasteiger partial charge in [0.15, 0.2) is 0 Å². The number of halogens is 1. The lowest BCUT2D eigenvalue weighted by Gasteiger charge is -2.16. The summed E-state index contributed by atoms with van der Waals surface area (Å²) in [5.74, 6) is -0.881. The molecule has 11 heteroatoms. The van der Waals surface area contributed by atoms with Gasteiger partial charge >= 0.3 is 0 Å². The van der Waals surface area contributed by atoms with E-state index in [1.807, 2.05) is 13.0 Å². The number of nitrogens with zero attached hydrogens (tertiary/aromatic N) is 6. The Hall–Kier alpha value is -3.86. The van der Waals surface area contributed by atoms with Crippen molar-refractivity contribution in [1.29, 1.82) is 0 Å². The van der Waals surface area contributed by atoms with Gasteiger partial charge in [-0.25, -0.2) is 18.7 Å². The summed E-state index contributed by atoms with van der Waals surface area (Å²) in [4.78, 5) is 31.0. The number of nitrogens with one attached hydrogen (secondary N) is 1. The number of amides is 2. The van der Waals surface area contributed by atoms with Gasteiger partial charge in [0, 0.05) is 31.7 Å². The maximum absolute atomic E-state index is 13.9. The average molecular weight is 453 g/mol. The van der Waals surface area contributed by atoms with E-state index in [1.165, 1.54) is 22.0 Å². The molecule has 0 spiro atoms. The number of carbonyl (C=O) groups excluding carboxylic acids is 2. The van der Waals surface area contributed by atoms with Crippen LogP contribution in [0.1, 0.15) is 28.8 Å². The Kier molecular flexibility index (Phi) is 6.59. The first-order valence-corrected chi connectivity index (χ1v) is 10.5. The zero-order valence-corrected chi connectivity index (χ0v) is 18.4. The predicted molar refractivity (Wildman–Crippen MR) is 117 cm³/mol. The number of hydrogen-bond acceptors (Lipinski definition) is 6. The smallest absolute Gasteiger partial charge is 0.295 e. The highest BCUT2D eigenvalue weighted by atomic mass is 19.1. The van der Waals surface area contributed by atoms with E-state index < -0.39 is 5.91 Å². The number of allylic oxidation sites excluding steroid dienone is 1. The molecular weight excluding hydrogens is 429 g/mol. The Morgan fingerprint density at radius 1 is 1.27 bits per heavy atom. The molecule has 0 radical (unpaired) electrons. The van der Waals surface area contributed by atoms with Gasteiger partial charge in [-0.1, -0.05) is 18.2 Å². The van der Waals surface area contributed by atoms with Crippen LogP contribution in [0.4, 0.5) is 10.2 Å². The van der Waals surface area contributed by atoms with Crippen molar-refractivity contribution in [3.8, 4) is 0 Å². The first kappa shape index (κ1) is 22.3. The van der Waals surface area contributed by atoms with E-state index in [1.54, 1.807) is 36.0 Å². The van der Waals surface area contributed by atoms with Gasteiger partial charge in [-0.05, 0) is 19.1 Å². The summed E-state index contributed by atoms with van der Waals surface area (Å²) >= 11 is 0. The first-order valence-electron chi connectivity index (χ1n) is 10.5. The Morgan fingerprint density at radius 2 is 2.09 bits per heavy atom. The third-order valence-electron chi connectivity index (χ3n) is 5.14. The van der Waals surface area contributed by atoms with E-state index in [0.29, 0.717) is 37.6 Å². The van der Waals surface area contributed by atoms with E-state index in [9.17, 15) is 14.0 Å². The highest BCUT2D eigenvalue weighted by Crippen LogP contribution is 2.20. The second-order valence-corrected chi connectivity index (χ2v) is 7.42. The summed E-state index contributed by atoms with van der Waals surface area (Å²) in [5, 5.41) is 11.2. The topological polar surface area (TPSA) is 107 Å². The van der Waals surface area contributed by atoms with Gasteiger partial charge in [-0.15, -0.1) is 5.10 Å². The van der Waals surface area contributed by atoms with Gasteiger partial charge in [0.05, 0.1) is 25.4 Å². The molecule has 2 amide bonds. The molecule has 2 aromatic heterocycles. The number of rotatable bonds is 8. The molecule has 0 aliphatic carbocycles. The van der Waals surface area contributed by atoms with E-state index >= 15 is 0 Å². The third kappa shape index (κ3) is 4.98. The van der Waals surface area contributed by atoms with Crippen molar-refractivity contribution in [1.82, 2.24) is 29.9 Å². The molecule has 1 aromatic carbocycles. The Morgan fingerprint density at radius 3 is 2.88 bits per heavy atom. The van der Waals surface area contributed by atoms with E-state index in [2.05, 4.69) is 20.5 Å². The SMILES string of the molecule is CCOCCc1cc2n(n1)CC=C(NC(=O)c1ncn(Cc3ccccc3F)n1)C(=O)N2C. The minimum absolute atomic E-state index is 0.106. The molecule has 4 rings (SSSR count). The van der Waals surface area contributed by atoms with Gasteiger partial charge in [0.25, 0.3) is 11.8 Å². The van der Waals surface area contributed by atoms with Crippen LogP contribution in [-0.4, -0.2) is 56.6 Å². The molecule has 1 aliphatic heterocycles. The quantitative estimate of drug-likeness (QED) is 0.519. The van der Waals surface area contributed by atoms with Crippen molar-refractivity contribution >= 4 is 17.6 Å². The first-order chi connectivity index (χ1) is 16.0. The Balaban J connectivity index is 1.43. The molecule has 0 saturated heterocycles. The van der Waals surface area contributed by atoms with Gasteiger partial charge in [0.1, 0.15) is 23.7 Å². The van der Waals surface area contributed by atoms with Crippen molar-refractivity contribution in [3.63, 3.8) is 0 Å². The van der Waals surface area contributed by atoms with Crippen molar-refractivity contribution in [2.45, 2.75) is 26.4 Å². The maximum atomic E-state index is 13.9. The lowest BCUT2D eigenvalue weighted by molar-refractivity contribution is -0.115. The number of hydrogen-bond donors (Lipinski definition) is 1. The number of anilines is 1. The predicted octanol–water partition coefficient (Wildman–Crippen LogP) is 1.53. The number of benzene rings is 1. The number of fused-ring (bicyclic) bond motifs is 1. The van der Waals surface area contributed by atoms with Crippen LogP contribution < -0.4 is 10.2 Å². The average Bonchev–Trinajstić information content (AvgIpc) is 3.42. The highest BCUT2D eigenvalue weighted by Gasteiger charge is 2.26. The third-order valence-corrected chi connectivity index (χ3v) is 5.14. The lowest BCUT2D eigenvalue weighted by atomic mass is 10.2. The fourth-order valence-electron chi connectivity index (χ4n) is 3.41. The fourth-order valence-corrected chi connectivity index (χ4v) is 3.41. The zero-order valence-electron chi connectivity index (χ0n) is 18.4. The van der Waals surface area contributed by atoms with Gasteiger partial charge in [-0.3, -0.25) is 14.5 Å². The monoisotopic (exact) mass is 453 g/mol. The number of aromatic nitrogens is 5. The molecule has 1 aliphatic rings. The summed E-state index contributed by atoms with van der Waals surface area (Å²) in [6.07, 6.45) is 3.59. The van der Waals surface area contributed by atoms with Gasteiger partial charge < -0.3 is 10.1 Å². The zero-order chi connectivity index (χ0) is 23.4. The summed E-state index contributed by atoms with van der Waals surface area (Å²) < 4.78 is 22.3. The van der Waals surface area contributed by atoms with Crippen LogP contribution in [0.2, 0.25) is 0 Å². The van der Waals surface area contributed by atoms with Crippen molar-refractivity contribution in [3.05, 3.63) is 71.3 Å².